The first-order valence-corrected chi connectivity index (χ1v) is 8.15. The number of hydrogen-bond donors (Lipinski definition) is 1. The number of carbonyl (C=O) groups excluding carboxylic acids is 1. The molecule has 24 heavy (non-hydrogen) atoms. The Kier molecular flexibility index (Phi) is 4.93. The second-order valence-electron chi connectivity index (χ2n) is 5.99. The predicted octanol–water partition coefficient (Wildman–Crippen LogP) is 2.19. The van der Waals surface area contributed by atoms with Gasteiger partial charge in [0.2, 0.25) is 5.88 Å². The van der Waals surface area contributed by atoms with E-state index in [0.29, 0.717) is 11.4 Å². The first-order valence-electron chi connectivity index (χ1n) is 8.15. The average Bonchev–Trinajstić information content (AvgIpc) is 2.62. The maximum absolute atomic E-state index is 12.4. The molecule has 0 aromatic carbocycles. The van der Waals surface area contributed by atoms with Crippen molar-refractivity contribution in [3.63, 3.8) is 0 Å². The number of ether oxygens (including phenoxy) is 1. The number of aryl methyl sites for hydroxylation is 1. The molecule has 1 unspecified atom stereocenters. The summed E-state index contributed by atoms with van der Waals surface area (Å²) >= 11 is 0. The van der Waals surface area contributed by atoms with E-state index < -0.39 is 0 Å². The Labute approximate surface area is 141 Å². The lowest BCUT2D eigenvalue weighted by Crippen LogP contribution is -2.48. The number of methoxy groups -OCH3 is 1. The van der Waals surface area contributed by atoms with Gasteiger partial charge in [-0.2, -0.15) is 0 Å². The number of nitrogens with one attached hydrogen (secondary N) is 1. The van der Waals surface area contributed by atoms with E-state index in [1.807, 2.05) is 25.1 Å². The van der Waals surface area contributed by atoms with E-state index in [9.17, 15) is 4.79 Å². The fourth-order valence-corrected chi connectivity index (χ4v) is 2.91. The van der Waals surface area contributed by atoms with E-state index in [1.54, 1.807) is 19.2 Å². The average molecular weight is 326 g/mol. The molecule has 0 saturated carbocycles. The van der Waals surface area contributed by atoms with E-state index in [-0.39, 0.29) is 11.9 Å². The van der Waals surface area contributed by atoms with Gasteiger partial charge in [0.25, 0.3) is 5.91 Å². The Hall–Kier alpha value is -2.63. The Morgan fingerprint density at radius 1 is 1.33 bits per heavy atom. The highest BCUT2D eigenvalue weighted by Gasteiger charge is 2.23. The van der Waals surface area contributed by atoms with Crippen molar-refractivity contribution in [3.8, 4) is 5.88 Å². The molecule has 1 saturated heterocycles. The summed E-state index contributed by atoms with van der Waals surface area (Å²) in [6.07, 6.45) is 3.54. The SMILES string of the molecule is COc1ccc(C(=O)NC2CCCN(c3cccc(C)n3)C2)cn1. The third kappa shape index (κ3) is 3.82. The van der Waals surface area contributed by atoms with Crippen LogP contribution in [0.25, 0.3) is 0 Å². The maximum Gasteiger partial charge on any atom is 0.253 e. The minimum absolute atomic E-state index is 0.103. The van der Waals surface area contributed by atoms with E-state index in [4.69, 9.17) is 4.74 Å². The fourth-order valence-electron chi connectivity index (χ4n) is 2.91. The lowest BCUT2D eigenvalue weighted by molar-refractivity contribution is 0.0932. The van der Waals surface area contributed by atoms with Crippen LogP contribution in [0.1, 0.15) is 28.9 Å². The first kappa shape index (κ1) is 16.2. The summed E-state index contributed by atoms with van der Waals surface area (Å²) in [6, 6.07) is 9.55. The molecule has 1 fully saturated rings. The number of hydrogen-bond acceptors (Lipinski definition) is 5. The van der Waals surface area contributed by atoms with Gasteiger partial charge in [0, 0.05) is 37.1 Å². The Morgan fingerprint density at radius 3 is 2.92 bits per heavy atom. The van der Waals surface area contributed by atoms with Crippen molar-refractivity contribution >= 4 is 11.7 Å². The molecule has 0 spiro atoms. The number of carbonyl (C=O) groups is 1. The van der Waals surface area contributed by atoms with Crippen LogP contribution in [-0.2, 0) is 0 Å². The van der Waals surface area contributed by atoms with Gasteiger partial charge >= 0.3 is 0 Å². The highest BCUT2D eigenvalue weighted by Crippen LogP contribution is 2.18. The predicted molar refractivity (Wildman–Crippen MR) is 92.5 cm³/mol. The molecule has 6 nitrogen and oxygen atoms in total. The van der Waals surface area contributed by atoms with Crippen LogP contribution < -0.4 is 15.0 Å². The normalized spacial score (nSPS) is 17.4. The molecule has 1 aliphatic heterocycles. The van der Waals surface area contributed by atoms with E-state index >= 15 is 0 Å². The summed E-state index contributed by atoms with van der Waals surface area (Å²) in [7, 11) is 1.55. The number of piperidine rings is 1. The van der Waals surface area contributed by atoms with Crippen LogP contribution in [0, 0.1) is 6.92 Å². The number of pyridine rings is 2. The summed E-state index contributed by atoms with van der Waals surface area (Å²) in [4.78, 5) is 23.3. The zero-order chi connectivity index (χ0) is 16.9. The summed E-state index contributed by atoms with van der Waals surface area (Å²) in [5.74, 6) is 1.37. The molecule has 2 aromatic rings. The molecule has 0 radical (unpaired) electrons. The Bertz CT molecular complexity index is 702. The van der Waals surface area contributed by atoms with Crippen LogP contribution in [0.2, 0.25) is 0 Å². The molecule has 0 bridgehead atoms. The van der Waals surface area contributed by atoms with Gasteiger partial charge in [0.05, 0.1) is 12.7 Å². The highest BCUT2D eigenvalue weighted by molar-refractivity contribution is 5.94. The number of rotatable bonds is 4. The molecule has 0 aliphatic carbocycles. The zero-order valence-corrected chi connectivity index (χ0v) is 14.0. The van der Waals surface area contributed by atoms with E-state index in [0.717, 1.165) is 37.4 Å². The molecular weight excluding hydrogens is 304 g/mol. The van der Waals surface area contributed by atoms with Crippen molar-refractivity contribution in [3.05, 3.63) is 47.8 Å². The topological polar surface area (TPSA) is 67.3 Å². The van der Waals surface area contributed by atoms with Crippen LogP contribution in [0.15, 0.2) is 36.5 Å². The van der Waals surface area contributed by atoms with Crippen LogP contribution in [-0.4, -0.2) is 42.1 Å². The molecule has 1 amide bonds. The summed E-state index contributed by atoms with van der Waals surface area (Å²) in [5, 5.41) is 3.10. The van der Waals surface area contributed by atoms with Gasteiger partial charge < -0.3 is 15.0 Å². The van der Waals surface area contributed by atoms with Gasteiger partial charge in [-0.15, -0.1) is 0 Å². The molecule has 1 N–H and O–H groups in total. The Morgan fingerprint density at radius 2 is 2.21 bits per heavy atom. The summed E-state index contributed by atoms with van der Waals surface area (Å²) in [6.45, 7) is 3.72. The van der Waals surface area contributed by atoms with Gasteiger partial charge in [-0.25, -0.2) is 9.97 Å². The molecule has 3 heterocycles. The second kappa shape index (κ2) is 7.29. The largest absolute Gasteiger partial charge is 0.481 e. The van der Waals surface area contributed by atoms with Crippen molar-refractivity contribution in [1.82, 2.24) is 15.3 Å². The van der Waals surface area contributed by atoms with Gasteiger partial charge in [-0.05, 0) is 38.0 Å². The highest BCUT2D eigenvalue weighted by atomic mass is 16.5. The van der Waals surface area contributed by atoms with Gasteiger partial charge in [-0.1, -0.05) is 6.07 Å². The van der Waals surface area contributed by atoms with Gasteiger partial charge in [-0.3, -0.25) is 4.79 Å². The van der Waals surface area contributed by atoms with Crippen molar-refractivity contribution in [2.75, 3.05) is 25.1 Å². The summed E-state index contributed by atoms with van der Waals surface area (Å²) in [5.41, 5.74) is 1.55. The van der Waals surface area contributed by atoms with E-state index in [1.165, 1.54) is 6.20 Å². The van der Waals surface area contributed by atoms with Gasteiger partial charge in [0.15, 0.2) is 0 Å². The van der Waals surface area contributed by atoms with Crippen molar-refractivity contribution in [1.29, 1.82) is 0 Å². The minimum Gasteiger partial charge on any atom is -0.481 e. The minimum atomic E-state index is -0.103. The number of anilines is 1. The van der Waals surface area contributed by atoms with Crippen LogP contribution in [0.5, 0.6) is 5.88 Å². The third-order valence-corrected chi connectivity index (χ3v) is 4.16. The number of nitrogens with zero attached hydrogens (tertiary/aromatic N) is 3. The standard InChI is InChI=1S/C18H22N4O2/c1-13-5-3-7-16(20-13)22-10-4-6-15(12-22)21-18(23)14-8-9-17(24-2)19-11-14/h3,5,7-9,11,15H,4,6,10,12H2,1-2H3,(H,21,23). The lowest BCUT2D eigenvalue weighted by Gasteiger charge is -2.34. The number of amides is 1. The smallest absolute Gasteiger partial charge is 0.253 e. The van der Waals surface area contributed by atoms with Crippen LogP contribution >= 0.6 is 0 Å². The number of aromatic nitrogens is 2. The van der Waals surface area contributed by atoms with Gasteiger partial charge in [0.1, 0.15) is 5.82 Å². The molecule has 126 valence electrons. The van der Waals surface area contributed by atoms with Crippen molar-refractivity contribution < 1.29 is 9.53 Å². The first-order chi connectivity index (χ1) is 11.7. The quantitative estimate of drug-likeness (QED) is 0.933. The second-order valence-corrected chi connectivity index (χ2v) is 5.99. The van der Waals surface area contributed by atoms with Crippen molar-refractivity contribution in [2.24, 2.45) is 0 Å². The fraction of sp³-hybridized carbons (Fsp3) is 0.389. The maximum atomic E-state index is 12.4. The summed E-state index contributed by atoms with van der Waals surface area (Å²) < 4.78 is 5.02. The molecule has 2 aromatic heterocycles. The zero-order valence-electron chi connectivity index (χ0n) is 14.0. The van der Waals surface area contributed by atoms with Crippen molar-refractivity contribution in [2.45, 2.75) is 25.8 Å². The Balaban J connectivity index is 1.63. The molecule has 1 atom stereocenters. The molecule has 1 aliphatic rings. The third-order valence-electron chi connectivity index (χ3n) is 4.16. The molecule has 3 rings (SSSR count). The van der Waals surface area contributed by atoms with Crippen LogP contribution in [0.3, 0.4) is 0 Å². The van der Waals surface area contributed by atoms with Crippen LogP contribution in [0.4, 0.5) is 5.82 Å². The lowest BCUT2D eigenvalue weighted by atomic mass is 10.1. The molecule has 6 heteroatoms. The van der Waals surface area contributed by atoms with E-state index in [2.05, 4.69) is 20.2 Å². The molecular formula is C18H22N4O2. The monoisotopic (exact) mass is 326 g/mol.